The summed E-state index contributed by atoms with van der Waals surface area (Å²) in [6.07, 6.45) is 1.17. The van der Waals surface area contributed by atoms with Crippen molar-refractivity contribution in [3.05, 3.63) is 0 Å². The highest BCUT2D eigenvalue weighted by molar-refractivity contribution is 6.19. The number of alkyl halides is 1. The maximum absolute atomic E-state index is 5.75. The first kappa shape index (κ1) is 9.34. The fourth-order valence-electron chi connectivity index (χ4n) is 1.83. The maximum atomic E-state index is 5.75. The van der Waals surface area contributed by atoms with Crippen LogP contribution >= 0.6 is 11.6 Å². The van der Waals surface area contributed by atoms with E-state index < -0.39 is 0 Å². The lowest BCUT2D eigenvalue weighted by atomic mass is 10.1. The predicted octanol–water partition coefficient (Wildman–Crippen LogP) is 3.02. The van der Waals surface area contributed by atoms with E-state index >= 15 is 0 Å². The topological polar surface area (TPSA) is 9.23 Å². The fourth-order valence-corrected chi connectivity index (χ4v) is 2.03. The number of rotatable bonds is 3. The second-order valence-corrected chi connectivity index (χ2v) is 4.64. The molecule has 11 heavy (non-hydrogen) atoms. The molecule has 1 aliphatic carbocycles. The summed E-state index contributed by atoms with van der Waals surface area (Å²) in [4.78, 5) is 0. The third kappa shape index (κ3) is 2.09. The minimum atomic E-state index is -0.149. The van der Waals surface area contributed by atoms with Gasteiger partial charge in [-0.15, -0.1) is 0 Å². The first-order valence-corrected chi connectivity index (χ1v) is 4.71. The van der Waals surface area contributed by atoms with Crippen molar-refractivity contribution in [2.24, 2.45) is 11.8 Å². The normalized spacial score (nSPS) is 39.3. The lowest BCUT2D eigenvalue weighted by Gasteiger charge is -2.16. The van der Waals surface area contributed by atoms with Crippen LogP contribution in [0.1, 0.15) is 34.1 Å². The van der Waals surface area contributed by atoms with Gasteiger partial charge in [-0.05, 0) is 32.1 Å². The molecule has 0 aliphatic heterocycles. The lowest BCUT2D eigenvalue weighted by Crippen LogP contribution is -2.18. The zero-order chi connectivity index (χ0) is 8.65. The molecule has 0 aromatic rings. The largest absolute Gasteiger partial charge is 0.356 e. The van der Waals surface area contributed by atoms with Crippen LogP contribution < -0.4 is 0 Å². The van der Waals surface area contributed by atoms with Gasteiger partial charge in [0.25, 0.3) is 0 Å². The van der Waals surface area contributed by atoms with Crippen molar-refractivity contribution in [1.82, 2.24) is 0 Å². The zero-order valence-electron chi connectivity index (χ0n) is 7.73. The molecular weight excluding hydrogens is 160 g/mol. The van der Waals surface area contributed by atoms with E-state index in [1.165, 1.54) is 6.42 Å². The molecule has 0 N–H and O–H groups in total. The number of hydrogen-bond acceptors (Lipinski definition) is 1. The van der Waals surface area contributed by atoms with Gasteiger partial charge >= 0.3 is 0 Å². The van der Waals surface area contributed by atoms with E-state index in [1.807, 2.05) is 6.92 Å². The predicted molar refractivity (Wildman–Crippen MR) is 47.8 cm³/mol. The molecule has 2 heteroatoms. The van der Waals surface area contributed by atoms with Crippen LogP contribution in [-0.2, 0) is 4.74 Å². The molecule has 1 fully saturated rings. The van der Waals surface area contributed by atoms with Gasteiger partial charge in [0, 0.05) is 0 Å². The van der Waals surface area contributed by atoms with Crippen LogP contribution in [0.25, 0.3) is 0 Å². The van der Waals surface area contributed by atoms with Crippen LogP contribution in [0, 0.1) is 11.8 Å². The quantitative estimate of drug-likeness (QED) is 0.601. The molecule has 66 valence electrons. The molecule has 0 radical (unpaired) electrons. The van der Waals surface area contributed by atoms with Crippen molar-refractivity contribution in [3.8, 4) is 0 Å². The van der Waals surface area contributed by atoms with E-state index in [-0.39, 0.29) is 11.2 Å². The number of halogens is 1. The van der Waals surface area contributed by atoms with Crippen LogP contribution in [0.3, 0.4) is 0 Å². The molecular formula is C9H17ClO. The van der Waals surface area contributed by atoms with Gasteiger partial charge in [0.05, 0.1) is 5.60 Å². The van der Waals surface area contributed by atoms with Gasteiger partial charge < -0.3 is 4.74 Å². The molecule has 1 rings (SSSR count). The summed E-state index contributed by atoms with van der Waals surface area (Å²) in [5.41, 5.74) is -0.0706. The number of hydrogen-bond donors (Lipinski definition) is 0. The van der Waals surface area contributed by atoms with Crippen LogP contribution in [0.4, 0.5) is 0 Å². The Bertz CT molecular complexity index is 144. The second-order valence-electron chi connectivity index (χ2n) is 4.03. The minimum Gasteiger partial charge on any atom is -0.356 e. The Labute approximate surface area is 74.1 Å². The molecule has 1 nitrogen and oxygen atoms in total. The second kappa shape index (κ2) is 2.95. The Morgan fingerprint density at radius 3 is 2.27 bits per heavy atom. The summed E-state index contributed by atoms with van der Waals surface area (Å²) >= 11 is 5.75. The maximum Gasteiger partial charge on any atom is 0.129 e. The van der Waals surface area contributed by atoms with Gasteiger partial charge in [-0.1, -0.05) is 25.4 Å². The van der Waals surface area contributed by atoms with Crippen LogP contribution in [0.15, 0.2) is 0 Å². The Balaban J connectivity index is 2.36. The molecule has 0 aromatic heterocycles. The van der Waals surface area contributed by atoms with Crippen LogP contribution in [0.2, 0.25) is 0 Å². The monoisotopic (exact) mass is 176 g/mol. The van der Waals surface area contributed by atoms with E-state index in [1.54, 1.807) is 0 Å². The highest BCUT2D eigenvalue weighted by atomic mass is 35.5. The van der Waals surface area contributed by atoms with Crippen molar-refractivity contribution in [1.29, 1.82) is 0 Å². The van der Waals surface area contributed by atoms with Gasteiger partial charge in [-0.2, -0.15) is 0 Å². The molecule has 0 amide bonds. The molecule has 0 aromatic carbocycles. The fraction of sp³-hybridized carbons (Fsp3) is 1.00. The smallest absolute Gasteiger partial charge is 0.129 e. The van der Waals surface area contributed by atoms with Gasteiger partial charge in [-0.25, -0.2) is 0 Å². The molecule has 0 heterocycles. The zero-order valence-corrected chi connectivity index (χ0v) is 8.48. The van der Waals surface area contributed by atoms with Gasteiger partial charge in [0.2, 0.25) is 0 Å². The van der Waals surface area contributed by atoms with Gasteiger partial charge in [-0.3, -0.25) is 0 Å². The third-order valence-electron chi connectivity index (χ3n) is 2.49. The average molecular weight is 177 g/mol. The van der Waals surface area contributed by atoms with E-state index in [9.17, 15) is 0 Å². The van der Waals surface area contributed by atoms with Crippen molar-refractivity contribution in [3.63, 3.8) is 0 Å². The first-order valence-electron chi connectivity index (χ1n) is 4.27. The van der Waals surface area contributed by atoms with E-state index in [0.717, 1.165) is 5.92 Å². The van der Waals surface area contributed by atoms with Crippen molar-refractivity contribution < 1.29 is 4.74 Å². The number of ether oxygens (including phenoxy) is 1. The Kier molecular flexibility index (Phi) is 2.50. The molecule has 0 bridgehead atoms. The molecule has 3 unspecified atom stereocenters. The average Bonchev–Trinajstić information content (AvgIpc) is 2.39. The van der Waals surface area contributed by atoms with Crippen molar-refractivity contribution >= 4 is 11.6 Å². The van der Waals surface area contributed by atoms with Gasteiger partial charge in [0.1, 0.15) is 5.56 Å². The van der Waals surface area contributed by atoms with Gasteiger partial charge in [0.15, 0.2) is 0 Å². The molecule has 0 spiro atoms. The molecule has 1 aliphatic rings. The Hall–Kier alpha value is 0.250. The lowest BCUT2D eigenvalue weighted by molar-refractivity contribution is 0.0158. The Morgan fingerprint density at radius 1 is 1.45 bits per heavy atom. The van der Waals surface area contributed by atoms with E-state index in [4.69, 9.17) is 16.3 Å². The first-order chi connectivity index (χ1) is 4.96. The molecule has 3 atom stereocenters. The highest BCUT2D eigenvalue weighted by Gasteiger charge is 2.53. The minimum absolute atomic E-state index is 0.0787. The van der Waals surface area contributed by atoms with E-state index in [2.05, 4.69) is 20.8 Å². The summed E-state index contributed by atoms with van der Waals surface area (Å²) in [5, 5.41) is 0. The van der Waals surface area contributed by atoms with Crippen molar-refractivity contribution in [2.75, 3.05) is 0 Å². The van der Waals surface area contributed by atoms with E-state index in [0.29, 0.717) is 5.92 Å². The van der Waals surface area contributed by atoms with Crippen LogP contribution in [0.5, 0.6) is 0 Å². The Morgan fingerprint density at radius 2 is 2.00 bits per heavy atom. The van der Waals surface area contributed by atoms with Crippen molar-refractivity contribution in [2.45, 2.75) is 45.3 Å². The standard InChI is InChI=1S/C9H17ClO/c1-6(2)8-5-9(8,4)11-7(3)10/h6-8H,5H2,1-4H3. The summed E-state index contributed by atoms with van der Waals surface area (Å²) in [7, 11) is 0. The molecule has 0 saturated heterocycles. The molecule has 1 saturated carbocycles. The van der Waals surface area contributed by atoms with Crippen LogP contribution in [-0.4, -0.2) is 11.2 Å². The summed E-state index contributed by atoms with van der Waals surface area (Å²) < 4.78 is 5.59. The third-order valence-corrected chi connectivity index (χ3v) is 2.57. The summed E-state index contributed by atoms with van der Waals surface area (Å²) in [6, 6.07) is 0. The summed E-state index contributed by atoms with van der Waals surface area (Å²) in [6.45, 7) is 8.50. The highest BCUT2D eigenvalue weighted by Crippen LogP contribution is 2.51. The summed E-state index contributed by atoms with van der Waals surface area (Å²) in [5.74, 6) is 1.43. The SMILES string of the molecule is CC(Cl)OC1(C)CC1C(C)C.